The average molecular weight is 273 g/mol. The van der Waals surface area contributed by atoms with Crippen LogP contribution in [0.15, 0.2) is 17.6 Å². The van der Waals surface area contributed by atoms with E-state index in [1.54, 1.807) is 11.6 Å². The van der Waals surface area contributed by atoms with Crippen molar-refractivity contribution in [3.05, 3.63) is 12.5 Å². The molecule has 1 fully saturated rings. The lowest BCUT2D eigenvalue weighted by molar-refractivity contribution is -0.0187. The van der Waals surface area contributed by atoms with E-state index in [0.717, 1.165) is 0 Å². The van der Waals surface area contributed by atoms with Crippen LogP contribution in [0.25, 0.3) is 0 Å². The molecule has 0 amide bonds. The van der Waals surface area contributed by atoms with Crippen LogP contribution in [0.5, 0.6) is 0 Å². The maximum atomic E-state index is 12.6. The maximum Gasteiger partial charge on any atom is 0.262 e. The summed E-state index contributed by atoms with van der Waals surface area (Å²) >= 11 is 0. The molecule has 6 nitrogen and oxygen atoms in total. The van der Waals surface area contributed by atoms with Crippen molar-refractivity contribution in [2.45, 2.75) is 30.8 Å². The summed E-state index contributed by atoms with van der Waals surface area (Å²) in [5.74, 6) is 0. The summed E-state index contributed by atoms with van der Waals surface area (Å²) in [6.07, 6.45) is 3.73. The zero-order valence-electron chi connectivity index (χ0n) is 11.0. The molecule has 0 aliphatic carbocycles. The van der Waals surface area contributed by atoms with Crippen LogP contribution in [-0.2, 0) is 21.8 Å². The summed E-state index contributed by atoms with van der Waals surface area (Å²) in [7, 11) is -1.79. The van der Waals surface area contributed by atoms with E-state index < -0.39 is 15.6 Å². The minimum Gasteiger partial charge on any atom is -0.378 e. The molecular weight excluding hydrogens is 254 g/mol. The number of nitrogens with zero attached hydrogens (tertiary/aromatic N) is 3. The maximum absolute atomic E-state index is 12.6. The Labute approximate surface area is 108 Å². The second-order valence-corrected chi connectivity index (χ2v) is 6.67. The molecule has 2 rings (SSSR count). The fourth-order valence-electron chi connectivity index (χ4n) is 2.11. The molecule has 0 N–H and O–H groups in total. The van der Waals surface area contributed by atoms with Gasteiger partial charge in [-0.2, -0.15) is 4.31 Å². The number of morpholine rings is 1. The van der Waals surface area contributed by atoms with Gasteiger partial charge in [-0.1, -0.05) is 6.92 Å². The lowest BCUT2D eigenvalue weighted by atomic mass is 9.99. The number of aromatic nitrogens is 2. The number of imidazole rings is 1. The van der Waals surface area contributed by atoms with E-state index in [2.05, 4.69) is 4.98 Å². The molecule has 2 heterocycles. The van der Waals surface area contributed by atoms with E-state index in [1.807, 2.05) is 13.8 Å². The summed E-state index contributed by atoms with van der Waals surface area (Å²) in [4.78, 5) is 3.96. The molecule has 0 radical (unpaired) electrons. The van der Waals surface area contributed by atoms with Gasteiger partial charge >= 0.3 is 0 Å². The van der Waals surface area contributed by atoms with E-state index in [4.69, 9.17) is 4.74 Å². The standard InChI is InChI=1S/C11H19N3O3S/c1-4-11(2)8-17-6-5-14(11)18(15,16)10-7-13(3)9-12-10/h7,9H,4-6,8H2,1-3H3. The minimum atomic E-state index is -3.54. The Hall–Kier alpha value is -0.920. The highest BCUT2D eigenvalue weighted by Gasteiger charge is 2.42. The Bertz CT molecular complexity index is 525. The van der Waals surface area contributed by atoms with Crippen molar-refractivity contribution in [2.75, 3.05) is 19.8 Å². The Kier molecular flexibility index (Phi) is 3.48. The van der Waals surface area contributed by atoms with Crippen LogP contribution in [0.2, 0.25) is 0 Å². The minimum absolute atomic E-state index is 0.103. The fraction of sp³-hybridized carbons (Fsp3) is 0.727. The largest absolute Gasteiger partial charge is 0.378 e. The summed E-state index contributed by atoms with van der Waals surface area (Å²) < 4.78 is 33.7. The van der Waals surface area contributed by atoms with Gasteiger partial charge in [0.15, 0.2) is 5.03 Å². The SMILES string of the molecule is CCC1(C)COCCN1S(=O)(=O)c1cn(C)cn1. The van der Waals surface area contributed by atoms with Gasteiger partial charge in [-0.05, 0) is 13.3 Å². The quantitative estimate of drug-likeness (QED) is 0.809. The van der Waals surface area contributed by atoms with Gasteiger partial charge in [0.2, 0.25) is 0 Å². The lowest BCUT2D eigenvalue weighted by Gasteiger charge is -2.42. The molecule has 1 saturated heterocycles. The molecule has 102 valence electrons. The number of aryl methyl sites for hydroxylation is 1. The van der Waals surface area contributed by atoms with Crippen molar-refractivity contribution >= 4 is 10.0 Å². The molecule has 0 bridgehead atoms. The Morgan fingerprint density at radius 1 is 1.56 bits per heavy atom. The first-order chi connectivity index (χ1) is 8.40. The molecule has 1 aliphatic rings. The first-order valence-electron chi connectivity index (χ1n) is 5.99. The second kappa shape index (κ2) is 4.64. The van der Waals surface area contributed by atoms with E-state index in [9.17, 15) is 8.42 Å². The summed E-state index contributed by atoms with van der Waals surface area (Å²) in [5.41, 5.74) is -0.491. The van der Waals surface area contributed by atoms with Gasteiger partial charge in [-0.25, -0.2) is 13.4 Å². The first kappa shape index (κ1) is 13.5. The van der Waals surface area contributed by atoms with Crippen molar-refractivity contribution in [1.82, 2.24) is 13.9 Å². The Morgan fingerprint density at radius 2 is 2.28 bits per heavy atom. The molecule has 1 aromatic heterocycles. The first-order valence-corrected chi connectivity index (χ1v) is 7.43. The van der Waals surface area contributed by atoms with Gasteiger partial charge in [0.25, 0.3) is 10.0 Å². The Morgan fingerprint density at radius 3 is 2.83 bits per heavy atom. The van der Waals surface area contributed by atoms with Crippen molar-refractivity contribution < 1.29 is 13.2 Å². The smallest absolute Gasteiger partial charge is 0.262 e. The molecule has 1 unspecified atom stereocenters. The van der Waals surface area contributed by atoms with Gasteiger partial charge in [0, 0.05) is 19.8 Å². The monoisotopic (exact) mass is 273 g/mol. The summed E-state index contributed by atoms with van der Waals surface area (Å²) in [5, 5.41) is 0.103. The van der Waals surface area contributed by atoms with E-state index in [1.165, 1.54) is 16.8 Å². The van der Waals surface area contributed by atoms with Crippen molar-refractivity contribution in [1.29, 1.82) is 0 Å². The second-order valence-electron chi connectivity index (χ2n) is 4.86. The lowest BCUT2D eigenvalue weighted by Crippen LogP contribution is -2.56. The van der Waals surface area contributed by atoms with Gasteiger partial charge in [0.1, 0.15) is 0 Å². The van der Waals surface area contributed by atoms with Gasteiger partial charge < -0.3 is 9.30 Å². The van der Waals surface area contributed by atoms with Crippen LogP contribution in [0.4, 0.5) is 0 Å². The molecule has 1 aromatic rings. The van der Waals surface area contributed by atoms with Crippen LogP contribution in [-0.4, -0.2) is 47.6 Å². The van der Waals surface area contributed by atoms with E-state index in [-0.39, 0.29) is 5.03 Å². The molecule has 0 saturated carbocycles. The van der Waals surface area contributed by atoms with Gasteiger partial charge in [0.05, 0.1) is 25.1 Å². The van der Waals surface area contributed by atoms with Crippen molar-refractivity contribution in [2.24, 2.45) is 7.05 Å². The van der Waals surface area contributed by atoms with Crippen LogP contribution in [0.1, 0.15) is 20.3 Å². The molecule has 0 spiro atoms. The molecule has 7 heteroatoms. The number of hydrogen-bond acceptors (Lipinski definition) is 4. The topological polar surface area (TPSA) is 64.4 Å². The molecule has 18 heavy (non-hydrogen) atoms. The zero-order chi connectivity index (χ0) is 13.4. The average Bonchev–Trinajstić information content (AvgIpc) is 2.77. The van der Waals surface area contributed by atoms with Crippen LogP contribution in [0, 0.1) is 0 Å². The predicted molar refractivity (Wildman–Crippen MR) is 66.6 cm³/mol. The fourth-order valence-corrected chi connectivity index (χ4v) is 3.89. The third kappa shape index (κ3) is 2.17. The van der Waals surface area contributed by atoms with E-state index >= 15 is 0 Å². The van der Waals surface area contributed by atoms with Gasteiger partial charge in [-0.15, -0.1) is 0 Å². The zero-order valence-corrected chi connectivity index (χ0v) is 11.8. The third-order valence-electron chi connectivity index (χ3n) is 3.45. The van der Waals surface area contributed by atoms with Crippen LogP contribution >= 0.6 is 0 Å². The van der Waals surface area contributed by atoms with Crippen LogP contribution < -0.4 is 0 Å². The molecule has 0 aromatic carbocycles. The van der Waals surface area contributed by atoms with Gasteiger partial charge in [-0.3, -0.25) is 0 Å². The molecule has 1 aliphatic heterocycles. The summed E-state index contributed by atoms with van der Waals surface area (Å²) in [6, 6.07) is 0. The predicted octanol–water partition coefficient (Wildman–Crippen LogP) is 0.610. The summed E-state index contributed by atoms with van der Waals surface area (Å²) in [6.45, 7) is 5.11. The van der Waals surface area contributed by atoms with Crippen LogP contribution in [0.3, 0.4) is 0 Å². The van der Waals surface area contributed by atoms with Crippen molar-refractivity contribution in [3.8, 4) is 0 Å². The van der Waals surface area contributed by atoms with E-state index in [0.29, 0.717) is 26.2 Å². The van der Waals surface area contributed by atoms with Crippen molar-refractivity contribution in [3.63, 3.8) is 0 Å². The number of hydrogen-bond donors (Lipinski definition) is 0. The highest BCUT2D eigenvalue weighted by atomic mass is 32.2. The number of ether oxygens (including phenoxy) is 1. The third-order valence-corrected chi connectivity index (χ3v) is 5.39. The molecular formula is C11H19N3O3S. The normalized spacial score (nSPS) is 26.4. The number of sulfonamides is 1. The molecule has 1 atom stereocenters. The Balaban J connectivity index is 2.39. The highest BCUT2D eigenvalue weighted by molar-refractivity contribution is 7.89. The highest BCUT2D eigenvalue weighted by Crippen LogP contribution is 2.29. The number of rotatable bonds is 3.